The van der Waals surface area contributed by atoms with Crippen molar-refractivity contribution in [3.8, 4) is 0 Å². The zero-order valence-electron chi connectivity index (χ0n) is 13.5. The number of amides is 1. The molecule has 0 unspecified atom stereocenters. The molecule has 1 aliphatic heterocycles. The highest BCUT2D eigenvalue weighted by Gasteiger charge is 2.20. The van der Waals surface area contributed by atoms with Gasteiger partial charge in [-0.05, 0) is 42.5 Å². The Hall–Kier alpha value is -2.70. The summed E-state index contributed by atoms with van der Waals surface area (Å²) in [6.07, 6.45) is 4.63. The van der Waals surface area contributed by atoms with Crippen molar-refractivity contribution >= 4 is 23.6 Å². The zero-order valence-corrected chi connectivity index (χ0v) is 13.5. The molecule has 0 radical (unpaired) electrons. The minimum atomic E-state index is -0.618. The van der Waals surface area contributed by atoms with E-state index in [0.29, 0.717) is 24.6 Å². The van der Waals surface area contributed by atoms with Crippen molar-refractivity contribution in [2.24, 2.45) is 5.92 Å². The van der Waals surface area contributed by atoms with Gasteiger partial charge in [-0.1, -0.05) is 6.92 Å². The van der Waals surface area contributed by atoms with Crippen molar-refractivity contribution < 1.29 is 19.2 Å². The number of esters is 1. The highest BCUT2D eigenvalue weighted by molar-refractivity contribution is 5.89. The first-order chi connectivity index (χ1) is 11.5. The number of hydrogen-bond donors (Lipinski definition) is 0. The number of nitrogens with zero attached hydrogens (tertiary/aromatic N) is 2. The third kappa shape index (κ3) is 5.19. The molecule has 1 fully saturated rings. The van der Waals surface area contributed by atoms with Crippen LogP contribution < -0.4 is 0 Å². The van der Waals surface area contributed by atoms with Crippen LogP contribution in [0.15, 0.2) is 30.3 Å². The zero-order chi connectivity index (χ0) is 17.5. The summed E-state index contributed by atoms with van der Waals surface area (Å²) in [5.74, 6) is -0.174. The Labute approximate surface area is 140 Å². The highest BCUT2D eigenvalue weighted by atomic mass is 16.6. The van der Waals surface area contributed by atoms with Crippen LogP contribution in [0.5, 0.6) is 0 Å². The Morgan fingerprint density at radius 2 is 1.92 bits per heavy atom. The lowest BCUT2D eigenvalue weighted by Crippen LogP contribution is -2.40. The number of hydrogen-bond acceptors (Lipinski definition) is 5. The largest absolute Gasteiger partial charge is 0.452 e. The first-order valence-corrected chi connectivity index (χ1v) is 7.83. The molecular formula is C17H20N2O5. The Kier molecular flexibility index (Phi) is 6.06. The van der Waals surface area contributed by atoms with Crippen LogP contribution in [-0.4, -0.2) is 41.4 Å². The molecule has 0 bridgehead atoms. The lowest BCUT2D eigenvalue weighted by molar-refractivity contribution is -0.384. The molecule has 24 heavy (non-hydrogen) atoms. The van der Waals surface area contributed by atoms with E-state index in [1.165, 1.54) is 36.4 Å². The SMILES string of the molecule is CC1CCN(C(=O)COC(=O)/C=C/c2ccc([N+](=O)[O-])cc2)CC1. The number of nitro groups is 1. The fraction of sp³-hybridized carbons (Fsp3) is 0.412. The molecule has 1 saturated heterocycles. The Morgan fingerprint density at radius 3 is 2.50 bits per heavy atom. The number of carbonyl (C=O) groups excluding carboxylic acids is 2. The van der Waals surface area contributed by atoms with Crippen LogP contribution in [0, 0.1) is 16.0 Å². The second-order valence-corrected chi connectivity index (χ2v) is 5.85. The number of non-ortho nitro benzene ring substituents is 1. The summed E-state index contributed by atoms with van der Waals surface area (Å²) in [5.41, 5.74) is 0.616. The van der Waals surface area contributed by atoms with E-state index < -0.39 is 10.9 Å². The van der Waals surface area contributed by atoms with Gasteiger partial charge in [-0.2, -0.15) is 0 Å². The quantitative estimate of drug-likeness (QED) is 0.357. The van der Waals surface area contributed by atoms with Crippen molar-refractivity contribution in [3.05, 3.63) is 46.0 Å². The minimum Gasteiger partial charge on any atom is -0.452 e. The lowest BCUT2D eigenvalue weighted by atomic mass is 9.99. The van der Waals surface area contributed by atoms with E-state index in [4.69, 9.17) is 4.74 Å². The van der Waals surface area contributed by atoms with Gasteiger partial charge >= 0.3 is 5.97 Å². The van der Waals surface area contributed by atoms with Gasteiger partial charge in [-0.25, -0.2) is 4.79 Å². The third-order valence-corrected chi connectivity index (χ3v) is 3.99. The number of benzene rings is 1. The van der Waals surface area contributed by atoms with Crippen molar-refractivity contribution in [1.82, 2.24) is 4.90 Å². The van der Waals surface area contributed by atoms with Crippen molar-refractivity contribution in [1.29, 1.82) is 0 Å². The van der Waals surface area contributed by atoms with Crippen LogP contribution >= 0.6 is 0 Å². The molecule has 0 aromatic heterocycles. The summed E-state index contributed by atoms with van der Waals surface area (Å²) in [5, 5.41) is 10.6. The molecule has 0 N–H and O–H groups in total. The molecule has 0 aliphatic carbocycles. The van der Waals surface area contributed by atoms with Crippen LogP contribution in [-0.2, 0) is 14.3 Å². The van der Waals surface area contributed by atoms with E-state index in [0.717, 1.165) is 12.8 Å². The molecule has 1 aliphatic rings. The van der Waals surface area contributed by atoms with Gasteiger partial charge in [-0.3, -0.25) is 14.9 Å². The van der Waals surface area contributed by atoms with E-state index in [1.807, 2.05) is 0 Å². The predicted molar refractivity (Wildman–Crippen MR) is 88.1 cm³/mol. The van der Waals surface area contributed by atoms with Gasteiger partial charge in [0.05, 0.1) is 4.92 Å². The van der Waals surface area contributed by atoms with Gasteiger partial charge in [0, 0.05) is 31.3 Å². The normalized spacial score (nSPS) is 15.5. The van der Waals surface area contributed by atoms with E-state index in [9.17, 15) is 19.7 Å². The highest BCUT2D eigenvalue weighted by Crippen LogP contribution is 2.16. The summed E-state index contributed by atoms with van der Waals surface area (Å²) in [4.78, 5) is 35.4. The van der Waals surface area contributed by atoms with Crippen molar-refractivity contribution in [2.45, 2.75) is 19.8 Å². The van der Waals surface area contributed by atoms with E-state index in [-0.39, 0.29) is 18.2 Å². The maximum absolute atomic E-state index is 11.9. The number of piperidine rings is 1. The first-order valence-electron chi connectivity index (χ1n) is 7.83. The van der Waals surface area contributed by atoms with Crippen LogP contribution in [0.1, 0.15) is 25.3 Å². The summed E-state index contributed by atoms with van der Waals surface area (Å²) >= 11 is 0. The number of nitro benzene ring substituents is 1. The molecule has 1 heterocycles. The van der Waals surface area contributed by atoms with Crippen molar-refractivity contribution in [3.63, 3.8) is 0 Å². The van der Waals surface area contributed by atoms with Crippen molar-refractivity contribution in [2.75, 3.05) is 19.7 Å². The van der Waals surface area contributed by atoms with Gasteiger partial charge in [0.25, 0.3) is 11.6 Å². The summed E-state index contributed by atoms with van der Waals surface area (Å²) in [7, 11) is 0. The van der Waals surface area contributed by atoms with Crippen LogP contribution in [0.4, 0.5) is 5.69 Å². The molecule has 1 amide bonds. The summed E-state index contributed by atoms with van der Waals surface area (Å²) < 4.78 is 4.94. The minimum absolute atomic E-state index is 0.0174. The average molecular weight is 332 g/mol. The molecule has 128 valence electrons. The smallest absolute Gasteiger partial charge is 0.331 e. The van der Waals surface area contributed by atoms with Crippen LogP contribution in [0.25, 0.3) is 6.08 Å². The lowest BCUT2D eigenvalue weighted by Gasteiger charge is -2.30. The molecule has 7 heteroatoms. The molecule has 0 atom stereocenters. The maximum atomic E-state index is 11.9. The number of carbonyl (C=O) groups is 2. The number of likely N-dealkylation sites (tertiary alicyclic amines) is 1. The molecule has 7 nitrogen and oxygen atoms in total. The van der Waals surface area contributed by atoms with Gasteiger partial charge in [0.15, 0.2) is 6.61 Å². The third-order valence-electron chi connectivity index (χ3n) is 3.99. The number of rotatable bonds is 5. The predicted octanol–water partition coefficient (Wildman–Crippen LogP) is 2.41. The van der Waals surface area contributed by atoms with E-state index in [2.05, 4.69) is 6.92 Å². The molecular weight excluding hydrogens is 312 g/mol. The Bertz CT molecular complexity index is 631. The van der Waals surface area contributed by atoms with Crippen LogP contribution in [0.3, 0.4) is 0 Å². The Morgan fingerprint density at radius 1 is 1.29 bits per heavy atom. The summed E-state index contributed by atoms with van der Waals surface area (Å²) in [6, 6.07) is 5.77. The van der Waals surface area contributed by atoms with E-state index in [1.54, 1.807) is 4.90 Å². The fourth-order valence-electron chi connectivity index (χ4n) is 2.40. The standard InChI is InChI=1S/C17H20N2O5/c1-13-8-10-18(11-9-13)16(20)12-24-17(21)7-4-14-2-5-15(6-3-14)19(22)23/h2-7,13H,8-12H2,1H3/b7-4+. The maximum Gasteiger partial charge on any atom is 0.331 e. The van der Waals surface area contributed by atoms with Gasteiger partial charge in [-0.15, -0.1) is 0 Å². The monoisotopic (exact) mass is 332 g/mol. The summed E-state index contributed by atoms with van der Waals surface area (Å²) in [6.45, 7) is 3.30. The van der Waals surface area contributed by atoms with Gasteiger partial charge in [0.2, 0.25) is 0 Å². The van der Waals surface area contributed by atoms with Gasteiger partial charge in [0.1, 0.15) is 0 Å². The molecule has 1 aromatic carbocycles. The second kappa shape index (κ2) is 8.24. The second-order valence-electron chi connectivity index (χ2n) is 5.85. The molecule has 0 spiro atoms. The topological polar surface area (TPSA) is 89.8 Å². The average Bonchev–Trinajstić information content (AvgIpc) is 2.58. The number of ether oxygens (including phenoxy) is 1. The van der Waals surface area contributed by atoms with E-state index >= 15 is 0 Å². The Balaban J connectivity index is 1.78. The fourth-order valence-corrected chi connectivity index (χ4v) is 2.40. The van der Waals surface area contributed by atoms with Crippen LogP contribution in [0.2, 0.25) is 0 Å². The molecule has 0 saturated carbocycles. The van der Waals surface area contributed by atoms with Gasteiger partial charge < -0.3 is 9.64 Å². The first kappa shape index (κ1) is 17.7. The molecule has 2 rings (SSSR count). The molecule has 1 aromatic rings.